The lowest BCUT2D eigenvalue weighted by molar-refractivity contribution is 0.144. The van der Waals surface area contributed by atoms with Crippen molar-refractivity contribution in [2.75, 3.05) is 0 Å². The molecule has 2 aromatic heterocycles. The number of carbonyl (C=O) groups is 1. The molecule has 7 nitrogen and oxygen atoms in total. The number of hydrogen-bond acceptors (Lipinski definition) is 4. The SMILES string of the molecule is CCn1cc(OC(=O)O)c(=O)c2cc(F)c(-n3ccnc3)c(F)c21. The molecule has 24 heavy (non-hydrogen) atoms. The molecule has 0 unspecified atom stereocenters. The van der Waals surface area contributed by atoms with Crippen LogP contribution in [0.1, 0.15) is 6.92 Å². The Kier molecular flexibility index (Phi) is 3.76. The molecule has 0 saturated heterocycles. The first-order valence-corrected chi connectivity index (χ1v) is 6.88. The fourth-order valence-corrected chi connectivity index (χ4v) is 2.49. The van der Waals surface area contributed by atoms with Gasteiger partial charge in [-0.25, -0.2) is 18.6 Å². The van der Waals surface area contributed by atoms with E-state index in [1.807, 2.05) is 0 Å². The van der Waals surface area contributed by atoms with Crippen molar-refractivity contribution in [3.8, 4) is 11.4 Å². The number of fused-ring (bicyclic) bond motifs is 1. The van der Waals surface area contributed by atoms with Crippen molar-refractivity contribution in [2.45, 2.75) is 13.5 Å². The van der Waals surface area contributed by atoms with Gasteiger partial charge >= 0.3 is 6.16 Å². The summed E-state index contributed by atoms with van der Waals surface area (Å²) in [6.07, 6.45) is 3.34. The van der Waals surface area contributed by atoms with Gasteiger partial charge in [-0.3, -0.25) is 4.79 Å². The number of nitrogens with zero attached hydrogens (tertiary/aromatic N) is 3. The van der Waals surface area contributed by atoms with Crippen LogP contribution in [0.4, 0.5) is 13.6 Å². The van der Waals surface area contributed by atoms with E-state index in [-0.39, 0.29) is 23.1 Å². The number of aromatic nitrogens is 3. The number of carboxylic acid groups (broad SMARTS) is 1. The minimum absolute atomic E-state index is 0.148. The van der Waals surface area contributed by atoms with E-state index in [0.717, 1.165) is 16.8 Å². The van der Waals surface area contributed by atoms with Crippen molar-refractivity contribution in [1.82, 2.24) is 14.1 Å². The number of benzene rings is 1. The molecule has 1 N–H and O–H groups in total. The number of ether oxygens (including phenoxy) is 1. The number of hydrogen-bond donors (Lipinski definition) is 1. The fourth-order valence-electron chi connectivity index (χ4n) is 2.49. The molecule has 1 aromatic carbocycles. The van der Waals surface area contributed by atoms with Crippen LogP contribution in [0.15, 0.2) is 35.8 Å². The zero-order valence-corrected chi connectivity index (χ0v) is 12.4. The number of aryl methyl sites for hydroxylation is 1. The average Bonchev–Trinajstić information content (AvgIpc) is 3.04. The van der Waals surface area contributed by atoms with Gasteiger partial charge in [0.1, 0.15) is 5.69 Å². The molecule has 0 radical (unpaired) electrons. The Labute approximate surface area is 133 Å². The molecule has 9 heteroatoms. The summed E-state index contributed by atoms with van der Waals surface area (Å²) in [5.74, 6) is -2.46. The maximum atomic E-state index is 14.9. The number of imidazole rings is 1. The van der Waals surface area contributed by atoms with E-state index in [1.54, 1.807) is 6.92 Å². The second-order valence-corrected chi connectivity index (χ2v) is 4.86. The van der Waals surface area contributed by atoms with Crippen LogP contribution in [0.3, 0.4) is 0 Å². The highest BCUT2D eigenvalue weighted by Crippen LogP contribution is 2.27. The number of pyridine rings is 1. The van der Waals surface area contributed by atoms with E-state index in [9.17, 15) is 18.4 Å². The van der Waals surface area contributed by atoms with Gasteiger partial charge in [-0.2, -0.15) is 0 Å². The predicted octanol–water partition coefficient (Wildman–Crippen LogP) is 2.54. The Balaban J connectivity index is 2.41. The van der Waals surface area contributed by atoms with Crippen LogP contribution >= 0.6 is 0 Å². The van der Waals surface area contributed by atoms with Crippen LogP contribution in [0.2, 0.25) is 0 Å². The first-order valence-electron chi connectivity index (χ1n) is 6.88. The molecule has 0 atom stereocenters. The summed E-state index contributed by atoms with van der Waals surface area (Å²) in [7, 11) is 0. The van der Waals surface area contributed by atoms with E-state index in [1.165, 1.54) is 23.3 Å². The van der Waals surface area contributed by atoms with E-state index < -0.39 is 29.0 Å². The van der Waals surface area contributed by atoms with Crippen LogP contribution in [0.25, 0.3) is 16.6 Å². The molecular formula is C15H11F2N3O4. The Morgan fingerprint density at radius 3 is 2.75 bits per heavy atom. The molecule has 0 bridgehead atoms. The van der Waals surface area contributed by atoms with Crippen molar-refractivity contribution < 1.29 is 23.4 Å². The first kappa shape index (κ1) is 15.7. The molecule has 0 fully saturated rings. The van der Waals surface area contributed by atoms with Gasteiger partial charge in [-0.15, -0.1) is 0 Å². The lowest BCUT2D eigenvalue weighted by Gasteiger charge is -2.14. The molecule has 0 aliphatic heterocycles. The normalized spacial score (nSPS) is 11.0. The summed E-state index contributed by atoms with van der Waals surface area (Å²) >= 11 is 0. The third-order valence-corrected chi connectivity index (χ3v) is 3.50. The zero-order chi connectivity index (χ0) is 17.4. The molecule has 0 amide bonds. The van der Waals surface area contributed by atoms with E-state index in [2.05, 4.69) is 9.72 Å². The lowest BCUT2D eigenvalue weighted by Crippen LogP contribution is -2.18. The van der Waals surface area contributed by atoms with E-state index in [4.69, 9.17) is 5.11 Å². The van der Waals surface area contributed by atoms with Crippen molar-refractivity contribution in [3.05, 3.63) is 52.8 Å². The molecule has 3 rings (SSSR count). The van der Waals surface area contributed by atoms with Crippen LogP contribution in [0.5, 0.6) is 5.75 Å². The van der Waals surface area contributed by atoms with Gasteiger partial charge in [0, 0.05) is 18.9 Å². The molecule has 0 saturated carbocycles. The highest BCUT2D eigenvalue weighted by atomic mass is 19.1. The molecule has 3 aromatic rings. The second kappa shape index (κ2) is 5.76. The van der Waals surface area contributed by atoms with E-state index in [0.29, 0.717) is 0 Å². The van der Waals surface area contributed by atoms with E-state index >= 15 is 0 Å². The quantitative estimate of drug-likeness (QED) is 0.743. The van der Waals surface area contributed by atoms with Gasteiger partial charge in [0.15, 0.2) is 17.4 Å². The predicted molar refractivity (Wildman–Crippen MR) is 79.6 cm³/mol. The van der Waals surface area contributed by atoms with Gasteiger partial charge in [0.05, 0.1) is 23.4 Å². The van der Waals surface area contributed by atoms with Crippen LogP contribution in [-0.4, -0.2) is 25.4 Å². The molecule has 0 spiro atoms. The van der Waals surface area contributed by atoms with Crippen molar-refractivity contribution in [2.24, 2.45) is 0 Å². The van der Waals surface area contributed by atoms with Gasteiger partial charge in [-0.1, -0.05) is 0 Å². The zero-order valence-electron chi connectivity index (χ0n) is 12.4. The highest BCUT2D eigenvalue weighted by Gasteiger charge is 2.21. The minimum Gasteiger partial charge on any atom is -0.449 e. The summed E-state index contributed by atoms with van der Waals surface area (Å²) in [5.41, 5.74) is -1.44. The molecular weight excluding hydrogens is 324 g/mol. The molecule has 2 heterocycles. The maximum Gasteiger partial charge on any atom is 0.511 e. The Hall–Kier alpha value is -3.23. The van der Waals surface area contributed by atoms with Crippen LogP contribution in [0, 0.1) is 11.6 Å². The lowest BCUT2D eigenvalue weighted by atomic mass is 10.1. The van der Waals surface area contributed by atoms with Crippen molar-refractivity contribution in [3.63, 3.8) is 0 Å². The Morgan fingerprint density at radius 2 is 2.17 bits per heavy atom. The van der Waals surface area contributed by atoms with Crippen LogP contribution < -0.4 is 10.2 Å². The standard InChI is InChI=1S/C15H11F2N3O4/c1-2-19-6-10(24-15(22)23)14(21)8-5-9(16)13(11(17)12(8)19)20-4-3-18-7-20/h3-7H,2H2,1H3,(H,22,23). The molecule has 0 aliphatic carbocycles. The summed E-state index contributed by atoms with van der Waals surface area (Å²) in [4.78, 5) is 26.7. The molecule has 0 aliphatic rings. The van der Waals surface area contributed by atoms with Gasteiger partial charge in [-0.05, 0) is 13.0 Å². The largest absolute Gasteiger partial charge is 0.511 e. The molecule has 124 valence electrons. The Morgan fingerprint density at radius 1 is 1.42 bits per heavy atom. The minimum atomic E-state index is -1.69. The fraction of sp³-hybridized carbons (Fsp3) is 0.133. The third kappa shape index (κ3) is 2.39. The Bertz CT molecular complexity index is 996. The maximum absolute atomic E-state index is 14.9. The topological polar surface area (TPSA) is 86.4 Å². The number of halogens is 2. The monoisotopic (exact) mass is 335 g/mol. The second-order valence-electron chi connectivity index (χ2n) is 4.86. The van der Waals surface area contributed by atoms with Crippen LogP contribution in [-0.2, 0) is 6.54 Å². The summed E-state index contributed by atoms with van der Waals surface area (Å²) in [5, 5.41) is 8.37. The first-order chi connectivity index (χ1) is 11.4. The van der Waals surface area contributed by atoms with Crippen molar-refractivity contribution in [1.29, 1.82) is 0 Å². The van der Waals surface area contributed by atoms with Crippen molar-refractivity contribution >= 4 is 17.1 Å². The average molecular weight is 335 g/mol. The van der Waals surface area contributed by atoms with Gasteiger partial charge < -0.3 is 19.0 Å². The van der Waals surface area contributed by atoms with Gasteiger partial charge in [0.25, 0.3) is 0 Å². The summed E-state index contributed by atoms with van der Waals surface area (Å²) < 4.78 is 36.1. The highest BCUT2D eigenvalue weighted by molar-refractivity contribution is 5.84. The summed E-state index contributed by atoms with van der Waals surface area (Å²) in [6.45, 7) is 1.87. The number of rotatable bonds is 3. The third-order valence-electron chi connectivity index (χ3n) is 3.50. The van der Waals surface area contributed by atoms with Gasteiger partial charge in [0.2, 0.25) is 5.43 Å². The summed E-state index contributed by atoms with van der Waals surface area (Å²) in [6, 6.07) is 0.858. The smallest absolute Gasteiger partial charge is 0.449 e.